The first kappa shape index (κ1) is 23.1. The molecule has 1 aliphatic heterocycles. The molecule has 0 radical (unpaired) electrons. The predicted octanol–water partition coefficient (Wildman–Crippen LogP) is 4.35. The van der Waals surface area contributed by atoms with E-state index in [1.807, 2.05) is 13.0 Å². The van der Waals surface area contributed by atoms with Crippen molar-refractivity contribution < 1.29 is 9.90 Å². The molecule has 0 amide bonds. The first-order chi connectivity index (χ1) is 11.0. The molecule has 1 fully saturated rings. The molecule has 24 heavy (non-hydrogen) atoms. The SMILES string of the molecule is CCC=O.CN1C(C)(C)CC(N)CC1(C)C.Oc1ccccc1Br. The first-order valence-corrected chi connectivity index (χ1v) is 9.14. The highest BCUT2D eigenvalue weighted by molar-refractivity contribution is 9.10. The summed E-state index contributed by atoms with van der Waals surface area (Å²) in [5.74, 6) is 0.285. The zero-order chi connectivity index (χ0) is 19.0. The van der Waals surface area contributed by atoms with Crippen molar-refractivity contribution in [3.63, 3.8) is 0 Å². The Kier molecular flexibility index (Phi) is 9.78. The van der Waals surface area contributed by atoms with E-state index in [0.717, 1.165) is 23.6 Å². The fourth-order valence-corrected chi connectivity index (χ4v) is 3.19. The first-order valence-electron chi connectivity index (χ1n) is 8.34. The van der Waals surface area contributed by atoms with Gasteiger partial charge >= 0.3 is 0 Å². The van der Waals surface area contributed by atoms with E-state index in [-0.39, 0.29) is 16.8 Å². The summed E-state index contributed by atoms with van der Waals surface area (Å²) < 4.78 is 0.736. The summed E-state index contributed by atoms with van der Waals surface area (Å²) in [6.45, 7) is 10.9. The highest BCUT2D eigenvalue weighted by atomic mass is 79.9. The number of likely N-dealkylation sites (tertiary alicyclic amines) is 1. The van der Waals surface area contributed by atoms with Crippen LogP contribution in [0.1, 0.15) is 53.9 Å². The van der Waals surface area contributed by atoms with Crippen LogP contribution in [0.3, 0.4) is 0 Å². The lowest BCUT2D eigenvalue weighted by molar-refractivity contribution is -0.107. The van der Waals surface area contributed by atoms with E-state index in [0.29, 0.717) is 12.5 Å². The molecular weight excluding hydrogens is 368 g/mol. The summed E-state index contributed by atoms with van der Waals surface area (Å²) in [6, 6.07) is 7.41. The number of hydrogen-bond donors (Lipinski definition) is 2. The van der Waals surface area contributed by atoms with Crippen molar-refractivity contribution in [2.45, 2.75) is 71.0 Å². The molecule has 1 heterocycles. The fraction of sp³-hybridized carbons (Fsp3) is 0.632. The standard InChI is InChI=1S/C10H22N2.C6H5BrO.C3H6O/c1-9(2)6-8(11)7-10(3,4)12(9)5;7-5-3-1-2-4-6(5)8;1-2-3-4/h8H,6-7,11H2,1-5H3;1-4,8H;3H,2H2,1H3. The molecule has 5 heteroatoms. The maximum atomic E-state index is 9.17. The number of halogens is 1. The molecule has 3 N–H and O–H groups in total. The number of carbonyl (C=O) groups is 1. The molecule has 4 nitrogen and oxygen atoms in total. The molecule has 1 aromatic carbocycles. The van der Waals surface area contributed by atoms with Crippen LogP contribution in [0, 0.1) is 0 Å². The zero-order valence-electron chi connectivity index (χ0n) is 15.8. The Hall–Kier alpha value is -0.910. The molecule has 0 unspecified atom stereocenters. The van der Waals surface area contributed by atoms with Gasteiger partial charge in [-0.15, -0.1) is 0 Å². The van der Waals surface area contributed by atoms with Crippen molar-refractivity contribution in [2.75, 3.05) is 7.05 Å². The minimum atomic E-state index is 0.251. The molecular formula is C19H33BrN2O2. The second-order valence-electron chi connectivity index (χ2n) is 7.38. The van der Waals surface area contributed by atoms with Crippen LogP contribution in [0.4, 0.5) is 0 Å². The number of nitrogens with two attached hydrogens (primary N) is 1. The fourth-order valence-electron chi connectivity index (χ4n) is 2.90. The van der Waals surface area contributed by atoms with Gasteiger partial charge in [0.2, 0.25) is 0 Å². The number of carbonyl (C=O) groups excluding carboxylic acids is 1. The number of para-hydroxylation sites is 1. The molecule has 2 rings (SSSR count). The van der Waals surface area contributed by atoms with Crippen LogP contribution in [-0.4, -0.2) is 40.5 Å². The highest BCUT2D eigenvalue weighted by Crippen LogP contribution is 2.35. The van der Waals surface area contributed by atoms with E-state index in [9.17, 15) is 4.79 Å². The van der Waals surface area contributed by atoms with Crippen LogP contribution in [-0.2, 0) is 4.79 Å². The van der Waals surface area contributed by atoms with Crippen molar-refractivity contribution in [1.82, 2.24) is 4.90 Å². The number of rotatable bonds is 1. The van der Waals surface area contributed by atoms with Crippen LogP contribution in [0.15, 0.2) is 28.7 Å². The topological polar surface area (TPSA) is 66.6 Å². The molecule has 0 bridgehead atoms. The average Bonchev–Trinajstić information content (AvgIpc) is 2.48. The Morgan fingerprint density at radius 3 is 1.96 bits per heavy atom. The Morgan fingerprint density at radius 2 is 1.67 bits per heavy atom. The molecule has 1 aliphatic rings. The summed E-state index contributed by atoms with van der Waals surface area (Å²) in [5.41, 5.74) is 6.52. The normalized spacial score (nSPS) is 19.3. The van der Waals surface area contributed by atoms with Gasteiger partial charge in [0.15, 0.2) is 0 Å². The van der Waals surface area contributed by atoms with Gasteiger partial charge in [-0.1, -0.05) is 19.1 Å². The van der Waals surface area contributed by atoms with Gasteiger partial charge in [0.05, 0.1) is 4.47 Å². The smallest absolute Gasteiger partial charge is 0.129 e. The largest absolute Gasteiger partial charge is 0.507 e. The van der Waals surface area contributed by atoms with E-state index in [2.05, 4.69) is 55.6 Å². The van der Waals surface area contributed by atoms with E-state index >= 15 is 0 Å². The minimum Gasteiger partial charge on any atom is -0.507 e. The predicted molar refractivity (Wildman–Crippen MR) is 105 cm³/mol. The van der Waals surface area contributed by atoms with Crippen LogP contribution in [0.2, 0.25) is 0 Å². The van der Waals surface area contributed by atoms with Gasteiger partial charge in [-0.05, 0) is 75.6 Å². The second kappa shape index (κ2) is 10.2. The van der Waals surface area contributed by atoms with Gasteiger partial charge < -0.3 is 15.6 Å². The van der Waals surface area contributed by atoms with Crippen LogP contribution in [0.25, 0.3) is 0 Å². The molecule has 138 valence electrons. The number of piperidine rings is 1. The molecule has 0 aliphatic carbocycles. The van der Waals surface area contributed by atoms with Crippen LogP contribution in [0.5, 0.6) is 5.75 Å². The third-order valence-corrected chi connectivity index (χ3v) is 5.03. The number of phenols is 1. The quantitative estimate of drug-likeness (QED) is 0.687. The van der Waals surface area contributed by atoms with Crippen molar-refractivity contribution in [3.05, 3.63) is 28.7 Å². The third kappa shape index (κ3) is 7.77. The summed E-state index contributed by atoms with van der Waals surface area (Å²) >= 11 is 3.15. The summed E-state index contributed by atoms with van der Waals surface area (Å²) in [4.78, 5) is 11.6. The summed E-state index contributed by atoms with van der Waals surface area (Å²) in [5, 5.41) is 8.87. The van der Waals surface area contributed by atoms with E-state index in [1.54, 1.807) is 18.2 Å². The number of aromatic hydroxyl groups is 1. The van der Waals surface area contributed by atoms with Crippen molar-refractivity contribution in [3.8, 4) is 5.75 Å². The average molecular weight is 401 g/mol. The molecule has 1 aromatic rings. The van der Waals surface area contributed by atoms with Crippen molar-refractivity contribution in [1.29, 1.82) is 0 Å². The van der Waals surface area contributed by atoms with Gasteiger partial charge in [0, 0.05) is 23.5 Å². The molecule has 1 saturated heterocycles. The molecule has 0 saturated carbocycles. The summed E-state index contributed by atoms with van der Waals surface area (Å²) in [6.07, 6.45) is 3.72. The molecule has 0 aromatic heterocycles. The van der Waals surface area contributed by atoms with Crippen LogP contribution < -0.4 is 5.73 Å². The van der Waals surface area contributed by atoms with Crippen LogP contribution >= 0.6 is 15.9 Å². The van der Waals surface area contributed by atoms with Gasteiger partial charge in [-0.2, -0.15) is 0 Å². The lowest BCUT2D eigenvalue weighted by Crippen LogP contribution is -2.61. The summed E-state index contributed by atoms with van der Waals surface area (Å²) in [7, 11) is 2.20. The maximum Gasteiger partial charge on any atom is 0.129 e. The maximum absolute atomic E-state index is 9.17. The van der Waals surface area contributed by atoms with Gasteiger partial charge in [-0.3, -0.25) is 4.90 Å². The Labute approximate surface area is 155 Å². The van der Waals surface area contributed by atoms with Crippen molar-refractivity contribution >= 4 is 22.2 Å². The lowest BCUT2D eigenvalue weighted by atomic mass is 9.78. The minimum absolute atomic E-state index is 0.251. The monoisotopic (exact) mass is 400 g/mol. The Balaban J connectivity index is 0.000000379. The highest BCUT2D eigenvalue weighted by Gasteiger charge is 2.41. The van der Waals surface area contributed by atoms with E-state index in [4.69, 9.17) is 10.8 Å². The number of phenolic OH excluding ortho intramolecular Hbond substituents is 1. The molecule has 0 spiro atoms. The Bertz CT molecular complexity index is 465. The number of aldehydes is 1. The third-order valence-electron chi connectivity index (χ3n) is 4.36. The van der Waals surface area contributed by atoms with Crippen molar-refractivity contribution in [2.24, 2.45) is 5.73 Å². The van der Waals surface area contributed by atoms with Gasteiger partial charge in [-0.25, -0.2) is 0 Å². The zero-order valence-corrected chi connectivity index (χ0v) is 17.4. The number of benzene rings is 1. The van der Waals surface area contributed by atoms with E-state index in [1.165, 1.54) is 0 Å². The number of nitrogens with zero attached hydrogens (tertiary/aromatic N) is 1. The molecule has 0 atom stereocenters. The van der Waals surface area contributed by atoms with E-state index < -0.39 is 0 Å². The lowest BCUT2D eigenvalue weighted by Gasteiger charge is -2.53. The number of hydrogen-bond acceptors (Lipinski definition) is 4. The Morgan fingerprint density at radius 1 is 1.25 bits per heavy atom. The van der Waals surface area contributed by atoms with Gasteiger partial charge in [0.25, 0.3) is 0 Å². The van der Waals surface area contributed by atoms with Gasteiger partial charge in [0.1, 0.15) is 12.0 Å². The second-order valence-corrected chi connectivity index (χ2v) is 8.23.